The van der Waals surface area contributed by atoms with Crippen LogP contribution < -0.4 is 10.9 Å². The first-order valence-electron chi connectivity index (χ1n) is 6.91. The number of aromatic nitrogens is 1. The van der Waals surface area contributed by atoms with E-state index in [0.29, 0.717) is 24.9 Å². The number of aryl methyl sites for hydroxylation is 2. The monoisotopic (exact) mass is 272 g/mol. The molecule has 1 amide bonds. The van der Waals surface area contributed by atoms with E-state index in [4.69, 9.17) is 0 Å². The molecule has 0 unspecified atom stereocenters. The summed E-state index contributed by atoms with van der Waals surface area (Å²) in [6.45, 7) is 6.33. The fraction of sp³-hybridized carbons (Fsp3) is 0.375. The third kappa shape index (κ3) is 3.07. The molecule has 4 nitrogen and oxygen atoms in total. The third-order valence-corrected chi connectivity index (χ3v) is 3.41. The molecule has 1 heterocycles. The van der Waals surface area contributed by atoms with Crippen molar-refractivity contribution in [3.05, 3.63) is 45.2 Å². The fourth-order valence-corrected chi connectivity index (χ4v) is 2.38. The first kappa shape index (κ1) is 14.3. The van der Waals surface area contributed by atoms with Crippen LogP contribution in [0, 0.1) is 13.8 Å². The van der Waals surface area contributed by atoms with Gasteiger partial charge in [-0.25, -0.2) is 0 Å². The SMILES string of the molecule is CCC(=O)NCCc1cc2cc(C)cc(C)c2[nH]c1=O. The molecule has 4 heteroatoms. The summed E-state index contributed by atoms with van der Waals surface area (Å²) in [7, 11) is 0. The van der Waals surface area contributed by atoms with E-state index in [1.165, 1.54) is 5.56 Å². The number of amides is 1. The van der Waals surface area contributed by atoms with Crippen LogP contribution in [0.5, 0.6) is 0 Å². The van der Waals surface area contributed by atoms with E-state index < -0.39 is 0 Å². The van der Waals surface area contributed by atoms with Gasteiger partial charge in [0.25, 0.3) is 5.56 Å². The minimum absolute atomic E-state index is 0.00825. The lowest BCUT2D eigenvalue weighted by molar-refractivity contribution is -0.120. The van der Waals surface area contributed by atoms with E-state index in [-0.39, 0.29) is 11.5 Å². The zero-order valence-electron chi connectivity index (χ0n) is 12.2. The molecule has 106 valence electrons. The van der Waals surface area contributed by atoms with Gasteiger partial charge in [0.05, 0.1) is 5.52 Å². The molecule has 0 aliphatic rings. The molecule has 1 aromatic carbocycles. The van der Waals surface area contributed by atoms with Crippen LogP contribution in [0.25, 0.3) is 10.9 Å². The Labute approximate surface area is 118 Å². The van der Waals surface area contributed by atoms with Crippen molar-refractivity contribution >= 4 is 16.8 Å². The Kier molecular flexibility index (Phi) is 4.23. The minimum atomic E-state index is -0.0739. The van der Waals surface area contributed by atoms with Crippen LogP contribution in [-0.2, 0) is 11.2 Å². The van der Waals surface area contributed by atoms with Gasteiger partial charge in [0, 0.05) is 18.5 Å². The van der Waals surface area contributed by atoms with Crippen LogP contribution in [0.2, 0.25) is 0 Å². The number of H-pyrrole nitrogens is 1. The second kappa shape index (κ2) is 5.90. The Morgan fingerprint density at radius 3 is 2.70 bits per heavy atom. The maximum Gasteiger partial charge on any atom is 0.251 e. The summed E-state index contributed by atoms with van der Waals surface area (Å²) in [5.74, 6) is 0.00825. The summed E-state index contributed by atoms with van der Waals surface area (Å²) in [6.07, 6.45) is 1.01. The molecular formula is C16H20N2O2. The number of fused-ring (bicyclic) bond motifs is 1. The standard InChI is InChI=1S/C16H20N2O2/c1-4-14(19)17-6-5-12-9-13-8-10(2)7-11(3)15(13)18-16(12)20/h7-9H,4-6H2,1-3H3,(H,17,19)(H,18,20). The normalized spacial score (nSPS) is 10.8. The van der Waals surface area contributed by atoms with Crippen LogP contribution in [0.3, 0.4) is 0 Å². The van der Waals surface area contributed by atoms with E-state index >= 15 is 0 Å². The largest absolute Gasteiger partial charge is 0.356 e. The zero-order chi connectivity index (χ0) is 14.7. The molecule has 0 spiro atoms. The Morgan fingerprint density at radius 1 is 1.25 bits per heavy atom. The molecule has 2 rings (SSSR count). The first-order valence-corrected chi connectivity index (χ1v) is 6.91. The van der Waals surface area contributed by atoms with Gasteiger partial charge in [-0.2, -0.15) is 0 Å². The van der Waals surface area contributed by atoms with E-state index in [9.17, 15) is 9.59 Å². The van der Waals surface area contributed by atoms with Crippen molar-refractivity contribution in [2.45, 2.75) is 33.6 Å². The number of nitrogens with one attached hydrogen (secondary N) is 2. The molecule has 0 bridgehead atoms. The van der Waals surface area contributed by atoms with Crippen molar-refractivity contribution in [3.63, 3.8) is 0 Å². The molecule has 0 aliphatic carbocycles. The van der Waals surface area contributed by atoms with E-state index in [1.807, 2.05) is 26.8 Å². The van der Waals surface area contributed by atoms with Gasteiger partial charge in [-0.3, -0.25) is 9.59 Å². The Hall–Kier alpha value is -2.10. The van der Waals surface area contributed by atoms with E-state index in [1.54, 1.807) is 0 Å². The third-order valence-electron chi connectivity index (χ3n) is 3.41. The lowest BCUT2D eigenvalue weighted by Gasteiger charge is -2.07. The van der Waals surface area contributed by atoms with Crippen molar-refractivity contribution in [1.82, 2.24) is 10.3 Å². The molecule has 0 saturated carbocycles. The van der Waals surface area contributed by atoms with Crippen molar-refractivity contribution in [3.8, 4) is 0 Å². The summed E-state index contributed by atoms with van der Waals surface area (Å²) in [5.41, 5.74) is 3.77. The summed E-state index contributed by atoms with van der Waals surface area (Å²) < 4.78 is 0. The van der Waals surface area contributed by atoms with Gasteiger partial charge in [-0.1, -0.05) is 18.6 Å². The number of benzene rings is 1. The number of pyridine rings is 1. The topological polar surface area (TPSA) is 62.0 Å². The second-order valence-corrected chi connectivity index (χ2v) is 5.12. The highest BCUT2D eigenvalue weighted by Gasteiger charge is 2.06. The molecule has 2 aromatic rings. The van der Waals surface area contributed by atoms with E-state index in [0.717, 1.165) is 16.5 Å². The predicted molar refractivity (Wildman–Crippen MR) is 81.0 cm³/mol. The van der Waals surface area contributed by atoms with Crippen LogP contribution in [0.15, 0.2) is 23.0 Å². The molecule has 0 radical (unpaired) electrons. The van der Waals surface area contributed by atoms with Crippen LogP contribution >= 0.6 is 0 Å². The fourth-order valence-electron chi connectivity index (χ4n) is 2.38. The van der Waals surface area contributed by atoms with Gasteiger partial charge in [0.15, 0.2) is 0 Å². The van der Waals surface area contributed by atoms with Crippen molar-refractivity contribution in [2.75, 3.05) is 6.54 Å². The summed E-state index contributed by atoms with van der Waals surface area (Å²) >= 11 is 0. The molecular weight excluding hydrogens is 252 g/mol. The maximum absolute atomic E-state index is 12.0. The summed E-state index contributed by atoms with van der Waals surface area (Å²) in [5, 5.41) is 3.83. The average molecular weight is 272 g/mol. The number of hydrogen-bond acceptors (Lipinski definition) is 2. The molecule has 0 aliphatic heterocycles. The predicted octanol–water partition coefficient (Wildman–Crippen LogP) is 2.21. The molecule has 1 aromatic heterocycles. The number of carbonyl (C=O) groups excluding carboxylic acids is 1. The maximum atomic E-state index is 12.0. The highest BCUT2D eigenvalue weighted by atomic mass is 16.1. The Bertz CT molecular complexity index is 701. The van der Waals surface area contributed by atoms with Gasteiger partial charge in [0.1, 0.15) is 0 Å². The number of hydrogen-bond donors (Lipinski definition) is 2. The van der Waals surface area contributed by atoms with Crippen molar-refractivity contribution in [1.29, 1.82) is 0 Å². The first-order chi connectivity index (χ1) is 9.51. The average Bonchev–Trinajstić information content (AvgIpc) is 2.40. The molecule has 0 atom stereocenters. The van der Waals surface area contributed by atoms with Crippen molar-refractivity contribution < 1.29 is 4.79 Å². The Balaban J connectivity index is 2.28. The molecule has 20 heavy (non-hydrogen) atoms. The zero-order valence-corrected chi connectivity index (χ0v) is 12.2. The number of aromatic amines is 1. The molecule has 0 saturated heterocycles. The van der Waals surface area contributed by atoms with Gasteiger partial charge in [-0.05, 0) is 43.4 Å². The van der Waals surface area contributed by atoms with Gasteiger partial charge < -0.3 is 10.3 Å². The van der Waals surface area contributed by atoms with Gasteiger partial charge in [0.2, 0.25) is 5.91 Å². The lowest BCUT2D eigenvalue weighted by atomic mass is 10.0. The smallest absolute Gasteiger partial charge is 0.251 e. The van der Waals surface area contributed by atoms with Crippen LogP contribution in [-0.4, -0.2) is 17.4 Å². The lowest BCUT2D eigenvalue weighted by Crippen LogP contribution is -2.26. The van der Waals surface area contributed by atoms with Crippen LogP contribution in [0.4, 0.5) is 0 Å². The van der Waals surface area contributed by atoms with Gasteiger partial charge >= 0.3 is 0 Å². The minimum Gasteiger partial charge on any atom is -0.356 e. The number of rotatable bonds is 4. The quantitative estimate of drug-likeness (QED) is 0.896. The van der Waals surface area contributed by atoms with E-state index in [2.05, 4.69) is 22.4 Å². The van der Waals surface area contributed by atoms with Gasteiger partial charge in [-0.15, -0.1) is 0 Å². The van der Waals surface area contributed by atoms with Crippen LogP contribution in [0.1, 0.15) is 30.0 Å². The highest BCUT2D eigenvalue weighted by Crippen LogP contribution is 2.17. The highest BCUT2D eigenvalue weighted by molar-refractivity contribution is 5.82. The Morgan fingerprint density at radius 2 is 2.00 bits per heavy atom. The second-order valence-electron chi connectivity index (χ2n) is 5.12. The number of carbonyl (C=O) groups is 1. The van der Waals surface area contributed by atoms with Crippen molar-refractivity contribution in [2.24, 2.45) is 0 Å². The summed E-state index contributed by atoms with van der Waals surface area (Å²) in [6, 6.07) is 6.04. The molecule has 2 N–H and O–H groups in total. The summed E-state index contributed by atoms with van der Waals surface area (Å²) in [4.78, 5) is 26.2. The molecule has 0 fully saturated rings.